The van der Waals surface area contributed by atoms with Gasteiger partial charge in [0.15, 0.2) is 0 Å². The highest BCUT2D eigenvalue weighted by atomic mass is 32.2. The van der Waals surface area contributed by atoms with E-state index >= 15 is 0 Å². The zero-order valence-electron chi connectivity index (χ0n) is 8.95. The molecule has 1 aromatic carbocycles. The largest absolute Gasteiger partial charge is 0.458 e. The van der Waals surface area contributed by atoms with Gasteiger partial charge in [-0.15, -0.1) is 0 Å². The molecule has 0 bridgehead atoms. The normalized spacial score (nSPS) is 15.0. The standard InChI is InChI=1S/C11H9FNO3S/c1-6-2-3-8(7-4-9(14)16-5-7)11(10(6)12)17(13)15/h2-4,13H,5H2,1H3/q-1. The van der Waals surface area contributed by atoms with E-state index in [0.29, 0.717) is 16.7 Å². The van der Waals surface area contributed by atoms with Gasteiger partial charge in [0.05, 0.1) is 0 Å². The first-order valence-electron chi connectivity index (χ1n) is 4.80. The summed E-state index contributed by atoms with van der Waals surface area (Å²) in [6, 6.07) is 3.07. The van der Waals surface area contributed by atoms with E-state index in [9.17, 15) is 13.4 Å². The van der Waals surface area contributed by atoms with Crippen molar-refractivity contribution in [2.24, 2.45) is 0 Å². The number of nitrogens with one attached hydrogen (secondary N) is 1. The van der Waals surface area contributed by atoms with Crippen molar-refractivity contribution < 1.29 is 18.1 Å². The van der Waals surface area contributed by atoms with Gasteiger partial charge in [-0.3, -0.25) is 0 Å². The van der Waals surface area contributed by atoms with Crippen LogP contribution in [0.25, 0.3) is 5.57 Å². The minimum atomic E-state index is -2.20. The number of benzene rings is 1. The molecule has 0 aliphatic carbocycles. The van der Waals surface area contributed by atoms with Crippen LogP contribution in [-0.4, -0.2) is 12.6 Å². The van der Waals surface area contributed by atoms with Gasteiger partial charge >= 0.3 is 5.97 Å². The molecular formula is C11H9FNO3S-. The number of esters is 1. The Hall–Kier alpha value is -1.69. The number of hydrogen-bond acceptors (Lipinski definition) is 5. The number of aryl methyl sites for hydroxylation is 1. The number of hydrogen-bond donors (Lipinski definition) is 1. The van der Waals surface area contributed by atoms with Gasteiger partial charge in [0.2, 0.25) is 0 Å². The average molecular weight is 254 g/mol. The Balaban J connectivity index is 2.66. The summed E-state index contributed by atoms with van der Waals surface area (Å²) in [5, 5.41) is 0. The summed E-state index contributed by atoms with van der Waals surface area (Å²) in [7, 11) is -2.20. The number of carbonyl (C=O) groups is 1. The van der Waals surface area contributed by atoms with E-state index in [2.05, 4.69) is 0 Å². The number of cyclic esters (lactones) is 1. The lowest BCUT2D eigenvalue weighted by Gasteiger charge is -2.14. The lowest BCUT2D eigenvalue weighted by Crippen LogP contribution is -1.99. The molecule has 0 radical (unpaired) electrons. The van der Waals surface area contributed by atoms with Crippen molar-refractivity contribution in [1.82, 2.24) is 0 Å². The summed E-state index contributed by atoms with van der Waals surface area (Å²) in [6.07, 6.45) is 1.22. The second-order valence-electron chi connectivity index (χ2n) is 3.62. The van der Waals surface area contributed by atoms with Crippen molar-refractivity contribution in [2.45, 2.75) is 11.8 Å². The third-order valence-electron chi connectivity index (χ3n) is 2.48. The number of halogens is 1. The van der Waals surface area contributed by atoms with Gasteiger partial charge in [0.25, 0.3) is 0 Å². The zero-order chi connectivity index (χ0) is 12.6. The summed E-state index contributed by atoms with van der Waals surface area (Å²) >= 11 is 0. The summed E-state index contributed by atoms with van der Waals surface area (Å²) < 4.78 is 37.0. The van der Waals surface area contributed by atoms with Crippen LogP contribution in [0, 0.1) is 17.5 Å². The van der Waals surface area contributed by atoms with Crippen molar-refractivity contribution in [3.05, 3.63) is 35.2 Å². The van der Waals surface area contributed by atoms with Gasteiger partial charge in [-0.05, 0) is 18.1 Å². The van der Waals surface area contributed by atoms with E-state index < -0.39 is 22.4 Å². The molecule has 90 valence electrons. The fraction of sp³-hybridized carbons (Fsp3) is 0.182. The Bertz CT molecular complexity index is 597. The molecule has 0 spiro atoms. The van der Waals surface area contributed by atoms with Crippen LogP contribution < -0.4 is 0 Å². The van der Waals surface area contributed by atoms with E-state index in [1.807, 2.05) is 0 Å². The third kappa shape index (κ3) is 2.08. The minimum Gasteiger partial charge on any atom is -0.458 e. The maximum atomic E-state index is 13.8. The summed E-state index contributed by atoms with van der Waals surface area (Å²) in [5.41, 5.74) is 1.06. The molecule has 1 aliphatic rings. The molecule has 4 nitrogen and oxygen atoms in total. The monoisotopic (exact) mass is 254 g/mol. The quantitative estimate of drug-likeness (QED) is 0.649. The second-order valence-corrected chi connectivity index (χ2v) is 4.56. The average Bonchev–Trinajstić information content (AvgIpc) is 2.68. The van der Waals surface area contributed by atoms with E-state index in [0.717, 1.165) is 0 Å². The van der Waals surface area contributed by atoms with Crippen LogP contribution in [0.15, 0.2) is 23.1 Å². The Kier molecular flexibility index (Phi) is 2.97. The number of carbonyl (C=O) groups excluding carboxylic acids is 1. The van der Waals surface area contributed by atoms with Crippen LogP contribution in [0.1, 0.15) is 11.1 Å². The highest BCUT2D eigenvalue weighted by Gasteiger charge is 2.17. The lowest BCUT2D eigenvalue weighted by atomic mass is 10.0. The number of ether oxygens (including phenoxy) is 1. The highest BCUT2D eigenvalue weighted by molar-refractivity contribution is 7.73. The van der Waals surface area contributed by atoms with Gasteiger partial charge in [0, 0.05) is 11.6 Å². The van der Waals surface area contributed by atoms with Gasteiger partial charge in [-0.25, -0.2) is 9.18 Å². The van der Waals surface area contributed by atoms with Crippen LogP contribution in [0.5, 0.6) is 0 Å². The molecule has 2 rings (SSSR count). The molecular weight excluding hydrogens is 245 g/mol. The molecule has 1 aromatic rings. The molecule has 1 N–H and O–H groups in total. The molecule has 0 fully saturated rings. The van der Waals surface area contributed by atoms with Gasteiger partial charge < -0.3 is 13.7 Å². The highest BCUT2D eigenvalue weighted by Crippen LogP contribution is 2.28. The smallest absolute Gasteiger partial charge is 0.331 e. The van der Waals surface area contributed by atoms with E-state index in [-0.39, 0.29) is 11.5 Å². The molecule has 6 heteroatoms. The summed E-state index contributed by atoms with van der Waals surface area (Å²) in [5.74, 6) is -1.18. The summed E-state index contributed by atoms with van der Waals surface area (Å²) in [4.78, 5) is 10.7. The van der Waals surface area contributed by atoms with Crippen molar-refractivity contribution in [2.75, 3.05) is 6.61 Å². The van der Waals surface area contributed by atoms with Crippen LogP contribution in [0.2, 0.25) is 0 Å². The van der Waals surface area contributed by atoms with Gasteiger partial charge in [-0.1, -0.05) is 17.0 Å². The molecule has 17 heavy (non-hydrogen) atoms. The molecule has 0 unspecified atom stereocenters. The molecule has 0 amide bonds. The predicted octanol–water partition coefficient (Wildman–Crippen LogP) is 2.16. The first-order valence-corrected chi connectivity index (χ1v) is 5.95. The molecule has 0 saturated heterocycles. The topological polar surface area (TPSA) is 67.2 Å². The maximum absolute atomic E-state index is 13.8. The molecule has 0 atom stereocenters. The van der Waals surface area contributed by atoms with Crippen LogP contribution >= 0.6 is 0 Å². The lowest BCUT2D eigenvalue weighted by molar-refractivity contribution is -0.134. The number of rotatable bonds is 2. The first kappa shape index (κ1) is 11.8. The molecule has 1 aliphatic heterocycles. The third-order valence-corrected chi connectivity index (χ3v) is 3.25. The van der Waals surface area contributed by atoms with Gasteiger partial charge in [-0.2, -0.15) is 10.6 Å². The fourth-order valence-corrected chi connectivity index (χ4v) is 2.34. The van der Waals surface area contributed by atoms with Crippen LogP contribution in [0.4, 0.5) is 4.39 Å². The van der Waals surface area contributed by atoms with Gasteiger partial charge in [0.1, 0.15) is 12.4 Å². The van der Waals surface area contributed by atoms with Crippen LogP contribution in [-0.2, 0) is 24.3 Å². The Labute approximate surface area is 99.1 Å². The summed E-state index contributed by atoms with van der Waals surface area (Å²) in [6.45, 7) is 1.55. The zero-order valence-corrected chi connectivity index (χ0v) is 9.77. The fourth-order valence-electron chi connectivity index (χ4n) is 1.62. The minimum absolute atomic E-state index is 0.0194. The van der Waals surface area contributed by atoms with E-state index in [1.54, 1.807) is 6.07 Å². The Morgan fingerprint density at radius 2 is 2.18 bits per heavy atom. The Morgan fingerprint density at radius 3 is 2.71 bits per heavy atom. The predicted molar refractivity (Wildman–Crippen MR) is 59.1 cm³/mol. The van der Waals surface area contributed by atoms with Crippen molar-refractivity contribution in [3.63, 3.8) is 0 Å². The van der Waals surface area contributed by atoms with Crippen molar-refractivity contribution >= 4 is 22.1 Å². The molecule has 0 aromatic heterocycles. The van der Waals surface area contributed by atoms with Crippen molar-refractivity contribution in [3.8, 4) is 0 Å². The second kappa shape index (κ2) is 4.29. The van der Waals surface area contributed by atoms with E-state index in [1.165, 1.54) is 19.1 Å². The first-order chi connectivity index (χ1) is 8.00. The molecule has 0 saturated carbocycles. The van der Waals surface area contributed by atoms with Crippen LogP contribution in [0.3, 0.4) is 0 Å². The van der Waals surface area contributed by atoms with E-state index in [4.69, 9.17) is 9.52 Å². The maximum Gasteiger partial charge on any atom is 0.331 e. The van der Waals surface area contributed by atoms with Crippen molar-refractivity contribution in [1.29, 1.82) is 4.78 Å². The Morgan fingerprint density at radius 1 is 1.47 bits per heavy atom. The SMILES string of the molecule is Cc1ccc(C2=CC(=O)OC2)c([S-](=N)=O)c1F. The molecule has 1 heterocycles.